The first-order valence-corrected chi connectivity index (χ1v) is 9.35. The molecule has 0 aliphatic heterocycles. The van der Waals surface area contributed by atoms with Crippen molar-refractivity contribution in [2.24, 2.45) is 0 Å². The van der Waals surface area contributed by atoms with E-state index in [1.54, 1.807) is 60.5 Å². The molecule has 0 atom stereocenters. The van der Waals surface area contributed by atoms with E-state index in [0.717, 1.165) is 12.1 Å². The smallest absolute Gasteiger partial charge is 0.416 e. The predicted octanol–water partition coefficient (Wildman–Crippen LogP) is 5.82. The molecule has 0 saturated carbocycles. The second-order valence-corrected chi connectivity index (χ2v) is 6.81. The molecule has 0 spiro atoms. The van der Waals surface area contributed by atoms with Gasteiger partial charge in [0.2, 0.25) is 0 Å². The maximum absolute atomic E-state index is 13.0. The number of aromatic hydroxyl groups is 1. The van der Waals surface area contributed by atoms with Crippen LogP contribution in [-0.2, 0) is 12.7 Å². The molecular weight excluding hydrogens is 413 g/mol. The highest BCUT2D eigenvalue weighted by molar-refractivity contribution is 7.80. The molecule has 156 valence electrons. The fourth-order valence-electron chi connectivity index (χ4n) is 2.82. The van der Waals surface area contributed by atoms with Gasteiger partial charge in [0.05, 0.1) is 19.2 Å². The van der Waals surface area contributed by atoms with Gasteiger partial charge in [0.15, 0.2) is 5.11 Å². The van der Waals surface area contributed by atoms with Gasteiger partial charge in [0.1, 0.15) is 11.5 Å². The van der Waals surface area contributed by atoms with Crippen LogP contribution in [0.15, 0.2) is 72.8 Å². The Hall–Kier alpha value is -3.26. The van der Waals surface area contributed by atoms with Crippen molar-refractivity contribution in [1.82, 2.24) is 0 Å². The lowest BCUT2D eigenvalue weighted by atomic mass is 10.1. The fraction of sp³-hybridized carbons (Fsp3) is 0.136. The van der Waals surface area contributed by atoms with Crippen LogP contribution in [0.3, 0.4) is 0 Å². The first-order valence-electron chi connectivity index (χ1n) is 8.94. The second-order valence-electron chi connectivity index (χ2n) is 6.42. The van der Waals surface area contributed by atoms with Gasteiger partial charge in [0.25, 0.3) is 0 Å². The molecule has 4 nitrogen and oxygen atoms in total. The van der Waals surface area contributed by atoms with E-state index in [9.17, 15) is 18.3 Å². The van der Waals surface area contributed by atoms with Crippen molar-refractivity contribution >= 4 is 28.7 Å². The summed E-state index contributed by atoms with van der Waals surface area (Å²) < 4.78 is 44.2. The number of phenols is 1. The minimum Gasteiger partial charge on any atom is -0.508 e. The normalized spacial score (nSPS) is 11.1. The average Bonchev–Trinajstić information content (AvgIpc) is 2.73. The van der Waals surface area contributed by atoms with E-state index in [-0.39, 0.29) is 23.1 Å². The van der Waals surface area contributed by atoms with E-state index >= 15 is 0 Å². The number of para-hydroxylation sites is 1. The average molecular weight is 432 g/mol. The first-order chi connectivity index (χ1) is 14.3. The maximum Gasteiger partial charge on any atom is 0.416 e. The van der Waals surface area contributed by atoms with Gasteiger partial charge in [0, 0.05) is 16.9 Å². The standard InChI is InChI=1S/C22H19F3N2O2S/c1-29-19-11-9-18(10-12-19)27(14-15-5-2-3-8-20(15)28)21(30)26-17-7-4-6-16(13-17)22(23,24)25/h2-13,28H,14H2,1H3,(H,26,30). The van der Waals surface area contributed by atoms with Gasteiger partial charge in [-0.1, -0.05) is 24.3 Å². The third-order valence-corrected chi connectivity index (χ3v) is 4.71. The zero-order valence-electron chi connectivity index (χ0n) is 16.0. The number of hydrogen-bond donors (Lipinski definition) is 2. The Bertz CT molecular complexity index is 1020. The molecule has 0 aliphatic carbocycles. The molecule has 0 aliphatic rings. The van der Waals surface area contributed by atoms with E-state index in [2.05, 4.69) is 5.32 Å². The number of halogens is 3. The third kappa shape index (κ3) is 5.21. The Kier molecular flexibility index (Phi) is 6.47. The van der Waals surface area contributed by atoms with Crippen LogP contribution >= 0.6 is 12.2 Å². The SMILES string of the molecule is COc1ccc(N(Cc2ccccc2O)C(=S)Nc2cccc(C(F)(F)F)c2)cc1. The molecule has 3 rings (SSSR count). The van der Waals surface area contributed by atoms with Crippen LogP contribution in [0, 0.1) is 0 Å². The summed E-state index contributed by atoms with van der Waals surface area (Å²) >= 11 is 5.50. The largest absolute Gasteiger partial charge is 0.508 e. The highest BCUT2D eigenvalue weighted by Crippen LogP contribution is 2.31. The van der Waals surface area contributed by atoms with Gasteiger partial charge in [-0.05, 0) is 60.7 Å². The Morgan fingerprint density at radius 3 is 2.37 bits per heavy atom. The predicted molar refractivity (Wildman–Crippen MR) is 115 cm³/mol. The summed E-state index contributed by atoms with van der Waals surface area (Å²) in [5, 5.41) is 13.2. The summed E-state index contributed by atoms with van der Waals surface area (Å²) in [6.45, 7) is 0.212. The zero-order valence-corrected chi connectivity index (χ0v) is 16.8. The molecule has 0 unspecified atom stereocenters. The van der Waals surface area contributed by atoms with E-state index < -0.39 is 11.7 Å². The number of alkyl halides is 3. The fourth-order valence-corrected chi connectivity index (χ4v) is 3.11. The van der Waals surface area contributed by atoms with Crippen LogP contribution < -0.4 is 15.0 Å². The van der Waals surface area contributed by atoms with Crippen molar-refractivity contribution in [1.29, 1.82) is 0 Å². The van der Waals surface area contributed by atoms with Gasteiger partial charge in [-0.2, -0.15) is 13.2 Å². The minimum atomic E-state index is -4.45. The highest BCUT2D eigenvalue weighted by Gasteiger charge is 2.30. The summed E-state index contributed by atoms with van der Waals surface area (Å²) in [7, 11) is 1.55. The Balaban J connectivity index is 1.90. The summed E-state index contributed by atoms with van der Waals surface area (Å²) in [5.74, 6) is 0.746. The van der Waals surface area contributed by atoms with Crippen molar-refractivity contribution < 1.29 is 23.0 Å². The lowest BCUT2D eigenvalue weighted by Crippen LogP contribution is -2.34. The summed E-state index contributed by atoms with van der Waals surface area (Å²) in [6.07, 6.45) is -4.45. The minimum absolute atomic E-state index is 0.0953. The number of ether oxygens (including phenoxy) is 1. The highest BCUT2D eigenvalue weighted by atomic mass is 32.1. The summed E-state index contributed by atoms with van der Waals surface area (Å²) in [4.78, 5) is 1.68. The maximum atomic E-state index is 13.0. The molecule has 8 heteroatoms. The monoisotopic (exact) mass is 432 g/mol. The molecular formula is C22H19F3N2O2S. The number of hydrogen-bond acceptors (Lipinski definition) is 3. The molecule has 2 N–H and O–H groups in total. The molecule has 3 aromatic carbocycles. The van der Waals surface area contributed by atoms with Crippen molar-refractivity contribution in [2.45, 2.75) is 12.7 Å². The number of thiocarbonyl (C=S) groups is 1. The Labute approximate surface area is 177 Å². The zero-order chi connectivity index (χ0) is 21.7. The van der Waals surface area contributed by atoms with Gasteiger partial charge in [-0.3, -0.25) is 0 Å². The summed E-state index contributed by atoms with van der Waals surface area (Å²) in [6, 6.07) is 18.7. The van der Waals surface area contributed by atoms with Crippen molar-refractivity contribution in [3.8, 4) is 11.5 Å². The van der Waals surface area contributed by atoms with Gasteiger partial charge >= 0.3 is 6.18 Å². The van der Waals surface area contributed by atoms with Crippen LogP contribution in [0.5, 0.6) is 11.5 Å². The van der Waals surface area contributed by atoms with E-state index in [1.807, 2.05) is 0 Å². The van der Waals surface area contributed by atoms with Crippen molar-refractivity contribution in [3.05, 3.63) is 83.9 Å². The lowest BCUT2D eigenvalue weighted by molar-refractivity contribution is -0.137. The number of methoxy groups -OCH3 is 1. The topological polar surface area (TPSA) is 44.7 Å². The third-order valence-electron chi connectivity index (χ3n) is 4.39. The van der Waals surface area contributed by atoms with Crippen LogP contribution in [0.4, 0.5) is 24.5 Å². The van der Waals surface area contributed by atoms with Crippen LogP contribution in [0.25, 0.3) is 0 Å². The van der Waals surface area contributed by atoms with Gasteiger partial charge in [-0.25, -0.2) is 0 Å². The molecule has 0 saturated heterocycles. The van der Waals surface area contributed by atoms with E-state index in [0.29, 0.717) is 17.0 Å². The number of nitrogens with one attached hydrogen (secondary N) is 1. The number of nitrogens with zero attached hydrogens (tertiary/aromatic N) is 1. The van der Waals surface area contributed by atoms with Gasteiger partial charge < -0.3 is 20.1 Å². The quantitative estimate of drug-likeness (QED) is 0.497. The van der Waals surface area contributed by atoms with Crippen molar-refractivity contribution in [3.63, 3.8) is 0 Å². The van der Waals surface area contributed by atoms with Crippen molar-refractivity contribution in [2.75, 3.05) is 17.3 Å². The Morgan fingerprint density at radius 2 is 1.73 bits per heavy atom. The second kappa shape index (κ2) is 9.04. The van der Waals surface area contributed by atoms with Crippen LogP contribution in [-0.4, -0.2) is 17.3 Å². The number of rotatable bonds is 5. The number of benzene rings is 3. The molecule has 0 bridgehead atoms. The molecule has 0 aromatic heterocycles. The number of anilines is 2. The van der Waals surface area contributed by atoms with Crippen LogP contribution in [0.2, 0.25) is 0 Å². The first kappa shape index (κ1) is 21.4. The van der Waals surface area contributed by atoms with Gasteiger partial charge in [-0.15, -0.1) is 0 Å². The lowest BCUT2D eigenvalue weighted by Gasteiger charge is -2.27. The molecule has 0 fully saturated rings. The molecule has 0 heterocycles. The molecule has 3 aromatic rings. The number of phenolic OH excluding ortho intramolecular Hbond substituents is 1. The van der Waals surface area contributed by atoms with E-state index in [4.69, 9.17) is 17.0 Å². The van der Waals surface area contributed by atoms with E-state index in [1.165, 1.54) is 12.1 Å². The molecule has 0 amide bonds. The Morgan fingerprint density at radius 1 is 1.03 bits per heavy atom. The molecule has 0 radical (unpaired) electrons. The van der Waals surface area contributed by atoms with Crippen LogP contribution in [0.1, 0.15) is 11.1 Å². The summed E-state index contributed by atoms with van der Waals surface area (Å²) in [5.41, 5.74) is 0.739. The molecule has 30 heavy (non-hydrogen) atoms.